The lowest BCUT2D eigenvalue weighted by Crippen LogP contribution is -2.54. The van der Waals surface area contributed by atoms with E-state index in [0.717, 1.165) is 16.5 Å². The van der Waals surface area contributed by atoms with Gasteiger partial charge < -0.3 is 10.6 Å². The predicted octanol–water partition coefficient (Wildman–Crippen LogP) is 1.44. The van der Waals surface area contributed by atoms with E-state index in [0.29, 0.717) is 19.4 Å². The molecule has 22 heavy (non-hydrogen) atoms. The maximum Gasteiger partial charge on any atom is 0.322 e. The van der Waals surface area contributed by atoms with E-state index in [2.05, 4.69) is 31.9 Å². The lowest BCUT2D eigenvalue weighted by molar-refractivity contribution is -0.133. The van der Waals surface area contributed by atoms with Gasteiger partial charge in [-0.1, -0.05) is 28.1 Å². The minimum atomic E-state index is -1.07. The zero-order valence-electron chi connectivity index (χ0n) is 11.8. The molecule has 7 heteroatoms. The van der Waals surface area contributed by atoms with Crippen molar-refractivity contribution in [2.24, 2.45) is 5.92 Å². The van der Waals surface area contributed by atoms with E-state index in [4.69, 9.17) is 0 Å². The summed E-state index contributed by atoms with van der Waals surface area (Å²) in [6.45, 7) is 0.397. The van der Waals surface area contributed by atoms with Gasteiger partial charge in [-0.15, -0.1) is 0 Å². The van der Waals surface area contributed by atoms with Crippen LogP contribution in [0.3, 0.4) is 0 Å². The maximum absolute atomic E-state index is 12.4. The number of amides is 4. The van der Waals surface area contributed by atoms with E-state index in [9.17, 15) is 14.4 Å². The van der Waals surface area contributed by atoms with Crippen LogP contribution in [0.5, 0.6) is 0 Å². The third-order valence-electron chi connectivity index (χ3n) is 4.32. The van der Waals surface area contributed by atoms with Crippen LogP contribution < -0.4 is 16.0 Å². The first-order chi connectivity index (χ1) is 10.5. The Morgan fingerprint density at radius 2 is 2.05 bits per heavy atom. The molecule has 1 aromatic carbocycles. The molecule has 3 rings (SSSR count). The van der Waals surface area contributed by atoms with Gasteiger partial charge in [-0.2, -0.15) is 0 Å². The van der Waals surface area contributed by atoms with Crippen molar-refractivity contribution < 1.29 is 14.4 Å². The van der Waals surface area contributed by atoms with Crippen molar-refractivity contribution in [1.82, 2.24) is 16.0 Å². The first-order valence-corrected chi connectivity index (χ1v) is 7.96. The van der Waals surface area contributed by atoms with Crippen molar-refractivity contribution >= 4 is 33.8 Å². The largest absolute Gasteiger partial charge is 0.352 e. The molecule has 116 valence electrons. The number of hydrogen-bond acceptors (Lipinski definition) is 3. The van der Waals surface area contributed by atoms with E-state index >= 15 is 0 Å². The van der Waals surface area contributed by atoms with Gasteiger partial charge in [0.15, 0.2) is 0 Å². The second-order valence-electron chi connectivity index (χ2n) is 5.67. The topological polar surface area (TPSA) is 87.3 Å². The second kappa shape index (κ2) is 5.72. The predicted molar refractivity (Wildman–Crippen MR) is 82.7 cm³/mol. The van der Waals surface area contributed by atoms with Crippen LogP contribution in [-0.2, 0) is 16.1 Å². The summed E-state index contributed by atoms with van der Waals surface area (Å²) in [4.78, 5) is 35.9. The minimum Gasteiger partial charge on any atom is -0.352 e. The van der Waals surface area contributed by atoms with Crippen LogP contribution in [-0.4, -0.2) is 23.4 Å². The lowest BCUT2D eigenvalue weighted by Gasteiger charge is -2.27. The molecule has 1 aromatic rings. The summed E-state index contributed by atoms with van der Waals surface area (Å²) in [6, 6.07) is 7.13. The molecule has 0 bridgehead atoms. The van der Waals surface area contributed by atoms with Crippen LogP contribution in [0, 0.1) is 5.92 Å². The van der Waals surface area contributed by atoms with Gasteiger partial charge in [-0.25, -0.2) is 4.79 Å². The average molecular weight is 366 g/mol. The Bertz CT molecular complexity index is 631. The van der Waals surface area contributed by atoms with Crippen molar-refractivity contribution in [2.45, 2.75) is 31.3 Å². The molecular formula is C15H16BrN3O3. The quantitative estimate of drug-likeness (QED) is 0.708. The van der Waals surface area contributed by atoms with Crippen molar-refractivity contribution in [3.8, 4) is 0 Å². The summed E-state index contributed by atoms with van der Waals surface area (Å²) < 4.78 is 0.975. The molecule has 1 heterocycles. The Balaban J connectivity index is 1.68. The molecule has 2 unspecified atom stereocenters. The first-order valence-electron chi connectivity index (χ1n) is 7.17. The summed E-state index contributed by atoms with van der Waals surface area (Å²) in [7, 11) is 0. The standard InChI is InChI=1S/C15H16BrN3O3/c16-10-5-3-9(4-6-10)8-17-12(20)11-2-1-7-15(11)13(21)18-14(22)19-15/h3-6,11H,1-2,7-8H2,(H,17,20)(H2,18,19,21,22). The van der Waals surface area contributed by atoms with Crippen LogP contribution in [0.2, 0.25) is 0 Å². The van der Waals surface area contributed by atoms with Gasteiger partial charge in [-0.05, 0) is 37.0 Å². The fourth-order valence-electron chi connectivity index (χ4n) is 3.20. The zero-order valence-corrected chi connectivity index (χ0v) is 13.4. The molecule has 1 aliphatic carbocycles. The molecule has 1 aliphatic heterocycles. The van der Waals surface area contributed by atoms with Crippen LogP contribution in [0.25, 0.3) is 0 Å². The summed E-state index contributed by atoms with van der Waals surface area (Å²) in [5, 5.41) is 7.75. The number of carbonyl (C=O) groups excluding carboxylic acids is 3. The van der Waals surface area contributed by atoms with Crippen LogP contribution in [0.1, 0.15) is 24.8 Å². The summed E-state index contributed by atoms with van der Waals surface area (Å²) >= 11 is 3.36. The van der Waals surface area contributed by atoms with Crippen LogP contribution >= 0.6 is 15.9 Å². The molecule has 4 amide bonds. The van der Waals surface area contributed by atoms with Gasteiger partial charge in [-0.3, -0.25) is 14.9 Å². The number of halogens is 1. The van der Waals surface area contributed by atoms with Gasteiger partial charge in [0, 0.05) is 11.0 Å². The number of benzene rings is 1. The monoisotopic (exact) mass is 365 g/mol. The molecule has 1 spiro atoms. The number of rotatable bonds is 3. The highest BCUT2D eigenvalue weighted by atomic mass is 79.9. The summed E-state index contributed by atoms with van der Waals surface area (Å²) in [5.41, 5.74) is -0.0931. The Hall–Kier alpha value is -1.89. The molecule has 3 N–H and O–H groups in total. The second-order valence-corrected chi connectivity index (χ2v) is 6.58. The van der Waals surface area contributed by atoms with Gasteiger partial charge in [0.2, 0.25) is 5.91 Å². The van der Waals surface area contributed by atoms with Crippen molar-refractivity contribution in [1.29, 1.82) is 0 Å². The smallest absolute Gasteiger partial charge is 0.322 e. The first kappa shape index (κ1) is 15.0. The van der Waals surface area contributed by atoms with Crippen LogP contribution in [0.15, 0.2) is 28.7 Å². The van der Waals surface area contributed by atoms with E-state index in [1.54, 1.807) is 0 Å². The molecule has 1 saturated carbocycles. The molecule has 2 aliphatic rings. The normalized spacial score (nSPS) is 26.9. The maximum atomic E-state index is 12.4. The number of hydrogen-bond donors (Lipinski definition) is 3. The number of urea groups is 1. The fourth-order valence-corrected chi connectivity index (χ4v) is 3.47. The van der Waals surface area contributed by atoms with Crippen LogP contribution in [0.4, 0.5) is 4.79 Å². The van der Waals surface area contributed by atoms with Gasteiger partial charge in [0.1, 0.15) is 5.54 Å². The molecule has 0 aromatic heterocycles. The Morgan fingerprint density at radius 3 is 2.68 bits per heavy atom. The van der Waals surface area contributed by atoms with E-state index in [1.807, 2.05) is 24.3 Å². The highest BCUT2D eigenvalue weighted by Gasteiger charge is 2.56. The number of carbonyl (C=O) groups is 3. The molecule has 1 saturated heterocycles. The van der Waals surface area contributed by atoms with Gasteiger partial charge in [0.05, 0.1) is 5.92 Å². The highest BCUT2D eigenvalue weighted by molar-refractivity contribution is 9.10. The van der Waals surface area contributed by atoms with Crippen molar-refractivity contribution in [3.63, 3.8) is 0 Å². The van der Waals surface area contributed by atoms with Gasteiger partial charge in [0.25, 0.3) is 5.91 Å². The molecular weight excluding hydrogens is 350 g/mol. The lowest BCUT2D eigenvalue weighted by atomic mass is 9.86. The Kier molecular flexibility index (Phi) is 3.90. The Morgan fingerprint density at radius 1 is 1.32 bits per heavy atom. The number of nitrogens with one attached hydrogen (secondary N) is 3. The zero-order chi connectivity index (χ0) is 15.7. The third kappa shape index (κ3) is 2.61. The third-order valence-corrected chi connectivity index (χ3v) is 4.85. The van der Waals surface area contributed by atoms with E-state index in [1.165, 1.54) is 0 Å². The van der Waals surface area contributed by atoms with Crippen molar-refractivity contribution in [2.75, 3.05) is 0 Å². The summed E-state index contributed by atoms with van der Waals surface area (Å²) in [5.74, 6) is -1.11. The molecule has 2 fully saturated rings. The number of imide groups is 1. The van der Waals surface area contributed by atoms with Gasteiger partial charge >= 0.3 is 6.03 Å². The Labute approximate surface area is 136 Å². The molecule has 0 radical (unpaired) electrons. The molecule has 2 atom stereocenters. The summed E-state index contributed by atoms with van der Waals surface area (Å²) in [6.07, 6.45) is 1.84. The highest BCUT2D eigenvalue weighted by Crippen LogP contribution is 2.38. The fraction of sp³-hybridized carbons (Fsp3) is 0.400. The SMILES string of the molecule is O=C1NC(=O)C2(CCCC2C(=O)NCc2ccc(Br)cc2)N1. The van der Waals surface area contributed by atoms with Crippen molar-refractivity contribution in [3.05, 3.63) is 34.3 Å². The van der Waals surface area contributed by atoms with E-state index < -0.39 is 23.4 Å². The minimum absolute atomic E-state index is 0.197. The van der Waals surface area contributed by atoms with E-state index in [-0.39, 0.29) is 5.91 Å². The molecule has 6 nitrogen and oxygen atoms in total. The average Bonchev–Trinajstić information content (AvgIpc) is 3.02.